The van der Waals surface area contributed by atoms with Crippen LogP contribution in [0.5, 0.6) is 0 Å². The third kappa shape index (κ3) is 1.33. The van der Waals surface area contributed by atoms with E-state index < -0.39 is 10.5 Å². The van der Waals surface area contributed by atoms with E-state index in [0.29, 0.717) is 0 Å². The van der Waals surface area contributed by atoms with E-state index in [4.69, 9.17) is 5.73 Å². The van der Waals surface area contributed by atoms with Gasteiger partial charge in [-0.1, -0.05) is 0 Å². The van der Waals surface area contributed by atoms with Gasteiger partial charge in [0.25, 0.3) is 0 Å². The van der Waals surface area contributed by atoms with Crippen molar-refractivity contribution in [2.24, 2.45) is 5.73 Å². The number of nitro groups is 1. The molecule has 9 heavy (non-hydrogen) atoms. The number of hydrogen-bond acceptors (Lipinski definition) is 5. The van der Waals surface area contributed by atoms with Crippen molar-refractivity contribution in [2.45, 2.75) is 5.56 Å². The van der Waals surface area contributed by atoms with Crippen LogP contribution in [-0.2, 0) is 4.74 Å². The van der Waals surface area contributed by atoms with Crippen molar-refractivity contribution in [1.29, 1.82) is 0 Å². The second-order valence-corrected chi connectivity index (χ2v) is 2.45. The highest BCUT2D eigenvalue weighted by Gasteiger charge is 2.24. The first-order valence-corrected chi connectivity index (χ1v) is 3.00. The number of ether oxygens (including phenoxy) is 1. The quantitative estimate of drug-likeness (QED) is 0.420. The van der Waals surface area contributed by atoms with Gasteiger partial charge in [-0.05, 0) is 0 Å². The Morgan fingerprint density at radius 3 is 2.89 bits per heavy atom. The van der Waals surface area contributed by atoms with Gasteiger partial charge < -0.3 is 4.74 Å². The zero-order valence-electron chi connectivity index (χ0n) is 4.31. The van der Waals surface area contributed by atoms with E-state index in [2.05, 4.69) is 4.74 Å². The molecular formula is C3H4N2O3S. The maximum Gasteiger partial charge on any atom is 0.342 e. The molecule has 0 aromatic carbocycles. The fraction of sp³-hybridized carbons (Fsp3) is 0.333. The average Bonchev–Trinajstić information content (AvgIpc) is 2.14. The summed E-state index contributed by atoms with van der Waals surface area (Å²) in [6.07, 6.45) is 1.05. The lowest BCUT2D eigenvalue weighted by atomic mass is 11.0. The summed E-state index contributed by atoms with van der Waals surface area (Å²) in [5, 5.41) is 9.89. The monoisotopic (exact) mass is 148 g/mol. The van der Waals surface area contributed by atoms with Crippen molar-refractivity contribution >= 4 is 11.8 Å². The first-order chi connectivity index (χ1) is 4.20. The summed E-state index contributed by atoms with van der Waals surface area (Å²) in [5.41, 5.74) is 4.54. The highest BCUT2D eigenvalue weighted by molar-refractivity contribution is 8.03. The Morgan fingerprint density at radius 2 is 2.67 bits per heavy atom. The lowest BCUT2D eigenvalue weighted by molar-refractivity contribution is -0.411. The van der Waals surface area contributed by atoms with Gasteiger partial charge in [0, 0.05) is 11.8 Å². The fourth-order valence-electron chi connectivity index (χ4n) is 0.386. The van der Waals surface area contributed by atoms with E-state index in [9.17, 15) is 10.1 Å². The summed E-state index contributed by atoms with van der Waals surface area (Å²) in [6.45, 7) is 0. The van der Waals surface area contributed by atoms with Crippen molar-refractivity contribution in [3.05, 3.63) is 21.4 Å². The van der Waals surface area contributed by atoms with Gasteiger partial charge in [0.05, 0.1) is 4.92 Å². The molecule has 0 aromatic heterocycles. The third-order valence-electron chi connectivity index (χ3n) is 0.720. The zero-order chi connectivity index (χ0) is 6.85. The van der Waals surface area contributed by atoms with Crippen LogP contribution in [0.25, 0.3) is 0 Å². The molecule has 1 rings (SSSR count). The molecule has 0 bridgehead atoms. The zero-order valence-corrected chi connectivity index (χ0v) is 5.13. The van der Waals surface area contributed by atoms with Crippen LogP contribution in [0.4, 0.5) is 0 Å². The first-order valence-electron chi connectivity index (χ1n) is 2.12. The predicted octanol–water partition coefficient (Wildman–Crippen LogP) is 0.0677. The Hall–Kier alpha value is -0.750. The summed E-state index contributed by atoms with van der Waals surface area (Å²) < 4.78 is 4.56. The minimum Gasteiger partial charge on any atom is -0.466 e. The van der Waals surface area contributed by atoms with Crippen LogP contribution in [0.15, 0.2) is 11.3 Å². The summed E-state index contributed by atoms with van der Waals surface area (Å²) in [5.74, 6) is 0. The second-order valence-electron chi connectivity index (χ2n) is 1.34. The van der Waals surface area contributed by atoms with Gasteiger partial charge in [-0.25, -0.2) is 0 Å². The van der Waals surface area contributed by atoms with Gasteiger partial charge in [0.15, 0.2) is 6.26 Å². The Labute approximate surface area is 55.0 Å². The minimum atomic E-state index is -0.606. The van der Waals surface area contributed by atoms with E-state index in [-0.39, 0.29) is 5.03 Å². The molecule has 0 saturated carbocycles. The van der Waals surface area contributed by atoms with E-state index in [1.165, 1.54) is 0 Å². The molecule has 5 nitrogen and oxygen atoms in total. The fourth-order valence-corrected chi connectivity index (χ4v) is 0.932. The van der Waals surface area contributed by atoms with Crippen LogP contribution >= 0.6 is 11.8 Å². The van der Waals surface area contributed by atoms with Crippen LogP contribution in [0, 0.1) is 10.1 Å². The van der Waals surface area contributed by atoms with E-state index in [0.717, 1.165) is 18.0 Å². The topological polar surface area (TPSA) is 78.4 Å². The maximum atomic E-state index is 9.93. The lowest BCUT2D eigenvalue weighted by Crippen LogP contribution is -2.13. The van der Waals surface area contributed by atoms with E-state index in [1.807, 2.05) is 0 Å². The van der Waals surface area contributed by atoms with Crippen LogP contribution < -0.4 is 5.73 Å². The summed E-state index contributed by atoms with van der Waals surface area (Å²) in [7, 11) is 0. The Morgan fingerprint density at radius 1 is 2.00 bits per heavy atom. The smallest absolute Gasteiger partial charge is 0.342 e. The number of thioether (sulfide) groups is 1. The molecule has 1 aliphatic rings. The molecule has 50 valence electrons. The van der Waals surface area contributed by atoms with E-state index in [1.54, 1.807) is 0 Å². The van der Waals surface area contributed by atoms with Gasteiger partial charge in [-0.2, -0.15) is 0 Å². The second kappa shape index (κ2) is 2.24. The van der Waals surface area contributed by atoms with Crippen molar-refractivity contribution in [3.8, 4) is 0 Å². The van der Waals surface area contributed by atoms with Crippen LogP contribution in [-0.4, -0.2) is 10.5 Å². The lowest BCUT2D eigenvalue weighted by Gasteiger charge is -1.95. The summed E-state index contributed by atoms with van der Waals surface area (Å²) in [6, 6.07) is 0. The molecule has 1 heterocycles. The van der Waals surface area contributed by atoms with Gasteiger partial charge in [-0.15, -0.1) is 0 Å². The normalized spacial score (nSPS) is 25.0. The molecule has 0 radical (unpaired) electrons. The Balaban J connectivity index is 2.55. The highest BCUT2D eigenvalue weighted by Crippen LogP contribution is 2.26. The van der Waals surface area contributed by atoms with Crippen molar-refractivity contribution in [1.82, 2.24) is 0 Å². The molecule has 1 atom stereocenters. The van der Waals surface area contributed by atoms with Crippen LogP contribution in [0.1, 0.15) is 0 Å². The van der Waals surface area contributed by atoms with Gasteiger partial charge in [0.2, 0.25) is 5.56 Å². The SMILES string of the molecule is NC1OC=C([N+](=O)[O-])S1. The van der Waals surface area contributed by atoms with Crippen LogP contribution in [0.2, 0.25) is 0 Å². The minimum absolute atomic E-state index is 0.0394. The van der Waals surface area contributed by atoms with Crippen molar-refractivity contribution in [3.63, 3.8) is 0 Å². The molecule has 0 saturated heterocycles. The van der Waals surface area contributed by atoms with Crippen molar-refractivity contribution in [2.75, 3.05) is 0 Å². The number of hydrogen-bond donors (Lipinski definition) is 1. The number of nitrogens with zero attached hydrogens (tertiary/aromatic N) is 1. The largest absolute Gasteiger partial charge is 0.466 e. The highest BCUT2D eigenvalue weighted by atomic mass is 32.2. The maximum absolute atomic E-state index is 9.93. The third-order valence-corrected chi connectivity index (χ3v) is 1.55. The molecule has 2 N–H and O–H groups in total. The van der Waals surface area contributed by atoms with Gasteiger partial charge >= 0.3 is 5.03 Å². The first kappa shape index (κ1) is 6.37. The molecule has 0 aromatic rings. The standard InChI is InChI=1S/C3H4N2O3S/c4-3-8-1-2(9-3)5(6)7/h1,3H,4H2. The van der Waals surface area contributed by atoms with Crippen LogP contribution in [0.3, 0.4) is 0 Å². The molecule has 0 amide bonds. The van der Waals surface area contributed by atoms with Gasteiger partial charge in [-0.3, -0.25) is 15.8 Å². The number of rotatable bonds is 1. The molecular weight excluding hydrogens is 144 g/mol. The predicted molar refractivity (Wildman–Crippen MR) is 31.7 cm³/mol. The molecule has 1 unspecified atom stereocenters. The number of nitrogens with two attached hydrogens (primary N) is 1. The molecule has 0 fully saturated rings. The Kier molecular flexibility index (Phi) is 1.58. The Bertz CT molecular complexity index is 168. The van der Waals surface area contributed by atoms with Gasteiger partial charge in [0.1, 0.15) is 0 Å². The average molecular weight is 148 g/mol. The molecule has 6 heteroatoms. The molecule has 0 aliphatic carbocycles. The molecule has 1 aliphatic heterocycles. The van der Waals surface area contributed by atoms with E-state index >= 15 is 0 Å². The van der Waals surface area contributed by atoms with Crippen molar-refractivity contribution < 1.29 is 9.66 Å². The summed E-state index contributed by atoms with van der Waals surface area (Å²) in [4.78, 5) is 9.40. The molecule has 0 spiro atoms. The summed E-state index contributed by atoms with van der Waals surface area (Å²) >= 11 is 0.891.